The van der Waals surface area contributed by atoms with Gasteiger partial charge in [0.2, 0.25) is 5.78 Å². The lowest BCUT2D eigenvalue weighted by molar-refractivity contribution is 0.0663. The number of ketones is 1. The molecule has 0 N–H and O–H groups in total. The lowest BCUT2D eigenvalue weighted by Gasteiger charge is -2.23. The zero-order chi connectivity index (χ0) is 11.7. The van der Waals surface area contributed by atoms with Gasteiger partial charge < -0.3 is 4.74 Å². The zero-order valence-corrected chi connectivity index (χ0v) is 9.76. The Labute approximate surface area is 101 Å². The highest BCUT2D eigenvalue weighted by atomic mass is 16.5. The Morgan fingerprint density at radius 3 is 2.65 bits per heavy atom. The number of fused-ring (bicyclic) bond motifs is 1. The van der Waals surface area contributed by atoms with Crippen molar-refractivity contribution in [2.75, 3.05) is 0 Å². The van der Waals surface area contributed by atoms with Gasteiger partial charge in [0.1, 0.15) is 6.10 Å². The predicted molar refractivity (Wildman–Crippen MR) is 65.7 cm³/mol. The summed E-state index contributed by atoms with van der Waals surface area (Å²) in [5, 5.41) is 0. The first-order valence-corrected chi connectivity index (χ1v) is 6.33. The third kappa shape index (κ3) is 1.99. The molecule has 17 heavy (non-hydrogen) atoms. The van der Waals surface area contributed by atoms with Gasteiger partial charge in [-0.3, -0.25) is 4.79 Å². The largest absolute Gasteiger partial charge is 0.486 e. The van der Waals surface area contributed by atoms with Gasteiger partial charge in [0.15, 0.2) is 5.76 Å². The molecule has 88 valence electrons. The average Bonchev–Trinajstić information content (AvgIpc) is 2.82. The summed E-state index contributed by atoms with van der Waals surface area (Å²) in [4.78, 5) is 12.2. The molecule has 2 aliphatic rings. The fourth-order valence-corrected chi connectivity index (χ4v) is 2.72. The van der Waals surface area contributed by atoms with E-state index in [9.17, 15) is 4.79 Å². The zero-order valence-electron chi connectivity index (χ0n) is 9.76. The van der Waals surface area contributed by atoms with E-state index in [0.29, 0.717) is 11.7 Å². The molecule has 2 nitrogen and oxygen atoms in total. The highest BCUT2D eigenvalue weighted by molar-refractivity contribution is 6.07. The number of allylic oxidation sites excluding steroid dienone is 1. The molecule has 1 aromatic rings. The van der Waals surface area contributed by atoms with E-state index >= 15 is 0 Å². The van der Waals surface area contributed by atoms with Gasteiger partial charge in [-0.1, -0.05) is 36.8 Å². The van der Waals surface area contributed by atoms with Crippen LogP contribution in [0.1, 0.15) is 36.0 Å². The van der Waals surface area contributed by atoms with Crippen molar-refractivity contribution in [2.45, 2.75) is 31.8 Å². The van der Waals surface area contributed by atoms with Crippen LogP contribution in [0.5, 0.6) is 0 Å². The Morgan fingerprint density at radius 1 is 1.12 bits per heavy atom. The van der Waals surface area contributed by atoms with Gasteiger partial charge in [-0.2, -0.15) is 0 Å². The molecule has 0 unspecified atom stereocenters. The summed E-state index contributed by atoms with van der Waals surface area (Å²) in [7, 11) is 0. The van der Waals surface area contributed by atoms with Crippen LogP contribution in [0.2, 0.25) is 0 Å². The first-order chi connectivity index (χ1) is 8.34. The number of ether oxygens (including phenoxy) is 1. The number of Topliss-reactive ketones (excluding diaryl/α,β-unsaturated/α-hetero) is 1. The van der Waals surface area contributed by atoms with Crippen molar-refractivity contribution in [3.05, 3.63) is 47.7 Å². The lowest BCUT2D eigenvalue weighted by Crippen LogP contribution is -2.21. The maximum Gasteiger partial charge on any atom is 0.227 e. The Morgan fingerprint density at radius 2 is 1.88 bits per heavy atom. The van der Waals surface area contributed by atoms with Crippen LogP contribution in [0.15, 0.2) is 42.2 Å². The summed E-state index contributed by atoms with van der Waals surface area (Å²) in [6, 6.07) is 9.37. The highest BCUT2D eigenvalue weighted by Gasteiger charge is 2.33. The number of hydrogen-bond acceptors (Lipinski definition) is 2. The molecule has 0 saturated heterocycles. The molecule has 0 spiro atoms. The molecule has 3 rings (SSSR count). The van der Waals surface area contributed by atoms with Crippen molar-refractivity contribution in [1.82, 2.24) is 0 Å². The van der Waals surface area contributed by atoms with E-state index in [1.165, 1.54) is 12.8 Å². The number of hydrogen-bond donors (Lipinski definition) is 0. The van der Waals surface area contributed by atoms with Crippen LogP contribution < -0.4 is 0 Å². The molecule has 1 heterocycles. The molecule has 0 bridgehead atoms. The van der Waals surface area contributed by atoms with E-state index in [2.05, 4.69) is 0 Å². The van der Waals surface area contributed by atoms with Crippen molar-refractivity contribution in [1.29, 1.82) is 0 Å². The Kier molecular flexibility index (Phi) is 2.71. The first kappa shape index (κ1) is 10.6. The van der Waals surface area contributed by atoms with Gasteiger partial charge in [0.05, 0.1) is 0 Å². The summed E-state index contributed by atoms with van der Waals surface area (Å²) in [5.41, 5.74) is 0.720. The van der Waals surface area contributed by atoms with E-state index in [-0.39, 0.29) is 11.9 Å². The first-order valence-electron chi connectivity index (χ1n) is 6.33. The van der Waals surface area contributed by atoms with Crippen molar-refractivity contribution in [3.63, 3.8) is 0 Å². The third-order valence-corrected chi connectivity index (χ3v) is 3.66. The van der Waals surface area contributed by atoms with Crippen LogP contribution in [-0.4, -0.2) is 11.9 Å². The number of rotatable bonds is 2. The van der Waals surface area contributed by atoms with Crippen molar-refractivity contribution in [3.8, 4) is 0 Å². The molecule has 0 aromatic heterocycles. The molecule has 0 radical (unpaired) electrons. The standard InChI is InChI=1S/C15H16O2/c16-15(11-6-2-1-3-7-11)14-10-12-8-4-5-9-13(12)17-14/h1-3,6-7,10,12-13H,4-5,8-9H2/t12-,13-/m1/s1. The second-order valence-corrected chi connectivity index (χ2v) is 4.83. The fraction of sp³-hybridized carbons (Fsp3) is 0.400. The Balaban J connectivity index is 1.80. The summed E-state index contributed by atoms with van der Waals surface area (Å²) < 4.78 is 5.79. The quantitative estimate of drug-likeness (QED) is 0.726. The van der Waals surface area contributed by atoms with E-state index in [4.69, 9.17) is 4.74 Å². The van der Waals surface area contributed by atoms with Gasteiger partial charge in [0.25, 0.3) is 0 Å². The van der Waals surface area contributed by atoms with Gasteiger partial charge in [-0.05, 0) is 25.3 Å². The SMILES string of the molecule is O=C(C1=C[C@H]2CCCC[C@H]2O1)c1ccccc1. The van der Waals surface area contributed by atoms with Gasteiger partial charge in [0, 0.05) is 11.5 Å². The van der Waals surface area contributed by atoms with E-state index in [1.54, 1.807) is 0 Å². The highest BCUT2D eigenvalue weighted by Crippen LogP contribution is 2.35. The summed E-state index contributed by atoms with van der Waals surface area (Å²) >= 11 is 0. The van der Waals surface area contributed by atoms with Crippen LogP contribution in [0.3, 0.4) is 0 Å². The molecule has 1 fully saturated rings. The van der Waals surface area contributed by atoms with Gasteiger partial charge >= 0.3 is 0 Å². The predicted octanol–water partition coefficient (Wildman–Crippen LogP) is 3.34. The Hall–Kier alpha value is -1.57. The van der Waals surface area contributed by atoms with Gasteiger partial charge in [-0.25, -0.2) is 0 Å². The fourth-order valence-electron chi connectivity index (χ4n) is 2.72. The third-order valence-electron chi connectivity index (χ3n) is 3.66. The summed E-state index contributed by atoms with van der Waals surface area (Å²) in [6.45, 7) is 0. The second-order valence-electron chi connectivity index (χ2n) is 4.83. The van der Waals surface area contributed by atoms with Crippen LogP contribution >= 0.6 is 0 Å². The maximum atomic E-state index is 12.2. The summed E-state index contributed by atoms with van der Waals surface area (Å²) in [5.74, 6) is 1.06. The van der Waals surface area contributed by atoms with Crippen molar-refractivity contribution in [2.24, 2.45) is 5.92 Å². The molecular weight excluding hydrogens is 212 g/mol. The Bertz CT molecular complexity index is 447. The smallest absolute Gasteiger partial charge is 0.227 e. The molecular formula is C15H16O2. The monoisotopic (exact) mass is 228 g/mol. The van der Waals surface area contributed by atoms with Crippen LogP contribution in [0, 0.1) is 5.92 Å². The number of carbonyl (C=O) groups is 1. The lowest BCUT2D eigenvalue weighted by atomic mass is 9.87. The van der Waals surface area contributed by atoms with Crippen LogP contribution in [-0.2, 0) is 4.74 Å². The van der Waals surface area contributed by atoms with Crippen LogP contribution in [0.4, 0.5) is 0 Å². The van der Waals surface area contributed by atoms with Crippen molar-refractivity contribution >= 4 is 5.78 Å². The topological polar surface area (TPSA) is 26.3 Å². The van der Waals surface area contributed by atoms with Gasteiger partial charge in [-0.15, -0.1) is 0 Å². The molecule has 1 saturated carbocycles. The molecule has 0 amide bonds. The molecule has 1 aromatic carbocycles. The minimum atomic E-state index is 0.0278. The minimum Gasteiger partial charge on any atom is -0.486 e. The molecule has 1 aliphatic carbocycles. The van der Waals surface area contributed by atoms with E-state index in [1.807, 2.05) is 36.4 Å². The molecule has 2 atom stereocenters. The van der Waals surface area contributed by atoms with E-state index < -0.39 is 0 Å². The second kappa shape index (κ2) is 4.36. The minimum absolute atomic E-state index is 0.0278. The van der Waals surface area contributed by atoms with Crippen LogP contribution in [0.25, 0.3) is 0 Å². The van der Waals surface area contributed by atoms with E-state index in [0.717, 1.165) is 18.4 Å². The maximum absolute atomic E-state index is 12.2. The molecule has 2 heteroatoms. The summed E-state index contributed by atoms with van der Waals surface area (Å²) in [6.07, 6.45) is 7.03. The normalized spacial score (nSPS) is 26.9. The van der Waals surface area contributed by atoms with Crippen molar-refractivity contribution < 1.29 is 9.53 Å². The number of benzene rings is 1. The average molecular weight is 228 g/mol. The molecule has 1 aliphatic heterocycles. The number of carbonyl (C=O) groups excluding carboxylic acids is 1.